The number of nitrogens with zero attached hydrogens (tertiary/aromatic N) is 2. The Hall–Kier alpha value is -1.88. The smallest absolute Gasteiger partial charge is 0.224 e. The van der Waals surface area contributed by atoms with E-state index in [4.69, 9.17) is 11.6 Å². The van der Waals surface area contributed by atoms with Crippen molar-refractivity contribution < 1.29 is 4.79 Å². The van der Waals surface area contributed by atoms with Gasteiger partial charge in [0.25, 0.3) is 0 Å². The SMILES string of the molecule is Cc1nc(-c2cccc(NC(=O)CCCCl)c2)n[nH]1. The number of benzene rings is 1. The van der Waals surface area contributed by atoms with E-state index in [-0.39, 0.29) is 5.91 Å². The summed E-state index contributed by atoms with van der Waals surface area (Å²) in [5.74, 6) is 1.83. The van der Waals surface area contributed by atoms with Crippen molar-refractivity contribution in [2.45, 2.75) is 19.8 Å². The van der Waals surface area contributed by atoms with Crippen molar-refractivity contribution in [1.82, 2.24) is 15.2 Å². The van der Waals surface area contributed by atoms with Gasteiger partial charge >= 0.3 is 0 Å². The molecule has 0 unspecified atom stereocenters. The Labute approximate surface area is 116 Å². The third-order valence-electron chi connectivity index (χ3n) is 2.54. The van der Waals surface area contributed by atoms with E-state index in [1.54, 1.807) is 0 Å². The highest BCUT2D eigenvalue weighted by atomic mass is 35.5. The lowest BCUT2D eigenvalue weighted by molar-refractivity contribution is -0.116. The van der Waals surface area contributed by atoms with Gasteiger partial charge in [0.2, 0.25) is 5.91 Å². The maximum Gasteiger partial charge on any atom is 0.224 e. The first-order valence-electron chi connectivity index (χ1n) is 6.04. The van der Waals surface area contributed by atoms with E-state index in [0.717, 1.165) is 17.1 Å². The molecule has 1 amide bonds. The molecule has 2 rings (SSSR count). The van der Waals surface area contributed by atoms with E-state index in [0.29, 0.717) is 24.5 Å². The van der Waals surface area contributed by atoms with Crippen LogP contribution in [-0.2, 0) is 4.79 Å². The molecule has 0 aliphatic heterocycles. The molecule has 19 heavy (non-hydrogen) atoms. The van der Waals surface area contributed by atoms with Crippen molar-refractivity contribution >= 4 is 23.2 Å². The van der Waals surface area contributed by atoms with Crippen molar-refractivity contribution in [3.05, 3.63) is 30.1 Å². The van der Waals surface area contributed by atoms with E-state index in [2.05, 4.69) is 20.5 Å². The molecule has 100 valence electrons. The highest BCUT2D eigenvalue weighted by Gasteiger charge is 2.06. The van der Waals surface area contributed by atoms with Crippen LogP contribution in [-0.4, -0.2) is 27.0 Å². The fourth-order valence-corrected chi connectivity index (χ4v) is 1.79. The van der Waals surface area contributed by atoms with Gasteiger partial charge in [-0.2, -0.15) is 5.10 Å². The van der Waals surface area contributed by atoms with Gasteiger partial charge in [0.15, 0.2) is 5.82 Å². The number of aromatic amines is 1. The summed E-state index contributed by atoms with van der Waals surface area (Å²) in [5.41, 5.74) is 1.60. The van der Waals surface area contributed by atoms with Crippen molar-refractivity contribution in [3.63, 3.8) is 0 Å². The fourth-order valence-electron chi connectivity index (χ4n) is 1.66. The number of halogens is 1. The van der Waals surface area contributed by atoms with Crippen LogP contribution >= 0.6 is 11.6 Å². The number of aromatic nitrogens is 3. The summed E-state index contributed by atoms with van der Waals surface area (Å²) in [7, 11) is 0. The van der Waals surface area contributed by atoms with Crippen molar-refractivity contribution in [3.8, 4) is 11.4 Å². The molecule has 0 bridgehead atoms. The van der Waals surface area contributed by atoms with Crippen LogP contribution in [0, 0.1) is 6.92 Å². The standard InChI is InChI=1S/C13H15ClN4O/c1-9-15-13(18-17-9)10-4-2-5-11(8-10)16-12(19)6-3-7-14/h2,4-5,8H,3,6-7H2,1H3,(H,16,19)(H,15,17,18). The molecular formula is C13H15ClN4O. The second-order valence-corrected chi connectivity index (χ2v) is 4.54. The molecule has 6 heteroatoms. The molecule has 2 aromatic rings. The number of carbonyl (C=O) groups excluding carboxylic acids is 1. The lowest BCUT2D eigenvalue weighted by atomic mass is 10.2. The van der Waals surface area contributed by atoms with Crippen LogP contribution in [0.15, 0.2) is 24.3 Å². The quantitative estimate of drug-likeness (QED) is 0.826. The zero-order valence-corrected chi connectivity index (χ0v) is 11.4. The van der Waals surface area contributed by atoms with Crippen LogP contribution in [0.1, 0.15) is 18.7 Å². The first kappa shape index (κ1) is 13.5. The third kappa shape index (κ3) is 3.79. The molecule has 2 N–H and O–H groups in total. The van der Waals surface area contributed by atoms with Gasteiger partial charge in [0.1, 0.15) is 5.82 Å². The Morgan fingerprint density at radius 3 is 3.00 bits per heavy atom. The van der Waals surface area contributed by atoms with Crippen LogP contribution < -0.4 is 5.32 Å². The summed E-state index contributed by atoms with van der Waals surface area (Å²) >= 11 is 5.56. The molecule has 1 aromatic carbocycles. The number of hydrogen-bond donors (Lipinski definition) is 2. The Balaban J connectivity index is 2.09. The molecule has 1 aromatic heterocycles. The van der Waals surface area contributed by atoms with Gasteiger partial charge in [-0.15, -0.1) is 11.6 Å². The summed E-state index contributed by atoms with van der Waals surface area (Å²) in [6.45, 7) is 1.84. The molecule has 1 heterocycles. The Bertz CT molecular complexity index is 567. The number of hydrogen-bond acceptors (Lipinski definition) is 3. The molecule has 0 aliphatic carbocycles. The molecule has 0 fully saturated rings. The third-order valence-corrected chi connectivity index (χ3v) is 2.81. The lowest BCUT2D eigenvalue weighted by Gasteiger charge is -2.05. The van der Waals surface area contributed by atoms with Crippen molar-refractivity contribution in [2.75, 3.05) is 11.2 Å². The Morgan fingerprint density at radius 1 is 1.47 bits per heavy atom. The van der Waals surface area contributed by atoms with Gasteiger partial charge < -0.3 is 5.32 Å². The topological polar surface area (TPSA) is 70.7 Å². The zero-order valence-electron chi connectivity index (χ0n) is 10.6. The number of aryl methyl sites for hydroxylation is 1. The summed E-state index contributed by atoms with van der Waals surface area (Å²) in [5, 5.41) is 9.71. The minimum Gasteiger partial charge on any atom is -0.326 e. The number of H-pyrrole nitrogens is 1. The summed E-state index contributed by atoms with van der Waals surface area (Å²) in [6.07, 6.45) is 1.10. The summed E-state index contributed by atoms with van der Waals surface area (Å²) < 4.78 is 0. The Morgan fingerprint density at radius 2 is 2.32 bits per heavy atom. The number of anilines is 1. The van der Waals surface area contributed by atoms with E-state index in [1.807, 2.05) is 31.2 Å². The largest absolute Gasteiger partial charge is 0.326 e. The summed E-state index contributed by atoms with van der Waals surface area (Å²) in [6, 6.07) is 7.44. The normalized spacial score (nSPS) is 10.4. The van der Waals surface area contributed by atoms with Crippen LogP contribution in [0.5, 0.6) is 0 Å². The predicted molar refractivity (Wildman–Crippen MR) is 75.1 cm³/mol. The molecule has 5 nitrogen and oxygen atoms in total. The average molecular weight is 279 g/mol. The minimum absolute atomic E-state index is 0.0380. The molecule has 0 spiro atoms. The second kappa shape index (κ2) is 6.33. The number of amides is 1. The maximum atomic E-state index is 11.6. The number of alkyl halides is 1. The molecule has 0 aliphatic rings. The monoisotopic (exact) mass is 278 g/mol. The molecule has 0 atom stereocenters. The fraction of sp³-hybridized carbons (Fsp3) is 0.308. The number of rotatable bonds is 5. The second-order valence-electron chi connectivity index (χ2n) is 4.17. The van der Waals surface area contributed by atoms with Gasteiger partial charge in [-0.1, -0.05) is 12.1 Å². The van der Waals surface area contributed by atoms with Crippen LogP contribution in [0.2, 0.25) is 0 Å². The van der Waals surface area contributed by atoms with Crippen molar-refractivity contribution in [1.29, 1.82) is 0 Å². The van der Waals surface area contributed by atoms with E-state index >= 15 is 0 Å². The molecule has 0 saturated carbocycles. The first-order valence-corrected chi connectivity index (χ1v) is 6.58. The van der Waals surface area contributed by atoms with E-state index in [1.165, 1.54) is 0 Å². The number of carbonyl (C=O) groups is 1. The lowest BCUT2D eigenvalue weighted by Crippen LogP contribution is -2.11. The zero-order chi connectivity index (χ0) is 13.7. The van der Waals surface area contributed by atoms with Crippen LogP contribution in [0.25, 0.3) is 11.4 Å². The molecule has 0 saturated heterocycles. The van der Waals surface area contributed by atoms with E-state index in [9.17, 15) is 4.79 Å². The molecule has 0 radical (unpaired) electrons. The van der Waals surface area contributed by atoms with Crippen molar-refractivity contribution in [2.24, 2.45) is 0 Å². The van der Waals surface area contributed by atoms with Gasteiger partial charge in [0.05, 0.1) is 0 Å². The van der Waals surface area contributed by atoms with Gasteiger partial charge in [0, 0.05) is 23.6 Å². The van der Waals surface area contributed by atoms with E-state index < -0.39 is 0 Å². The first-order chi connectivity index (χ1) is 9.19. The Kier molecular flexibility index (Phi) is 4.52. The van der Waals surface area contributed by atoms with Crippen LogP contribution in [0.4, 0.5) is 5.69 Å². The van der Waals surface area contributed by atoms with Gasteiger partial charge in [-0.25, -0.2) is 4.98 Å². The summed E-state index contributed by atoms with van der Waals surface area (Å²) in [4.78, 5) is 15.9. The molecular weight excluding hydrogens is 264 g/mol. The van der Waals surface area contributed by atoms with Gasteiger partial charge in [-0.3, -0.25) is 9.89 Å². The minimum atomic E-state index is -0.0380. The maximum absolute atomic E-state index is 11.6. The van der Waals surface area contributed by atoms with Gasteiger partial charge in [-0.05, 0) is 25.5 Å². The predicted octanol–water partition coefficient (Wildman–Crippen LogP) is 2.74. The van der Waals surface area contributed by atoms with Crippen LogP contribution in [0.3, 0.4) is 0 Å². The highest BCUT2D eigenvalue weighted by molar-refractivity contribution is 6.18. The number of nitrogens with one attached hydrogen (secondary N) is 2. The highest BCUT2D eigenvalue weighted by Crippen LogP contribution is 2.19. The average Bonchev–Trinajstić information content (AvgIpc) is 2.83.